The molecule has 3 rings (SSSR count). The van der Waals surface area contributed by atoms with Gasteiger partial charge in [0.25, 0.3) is 0 Å². The zero-order chi connectivity index (χ0) is 19.1. The number of aromatic amines is 1. The molecule has 0 bridgehead atoms. The van der Waals surface area contributed by atoms with Crippen molar-refractivity contribution in [3.63, 3.8) is 0 Å². The lowest BCUT2D eigenvalue weighted by molar-refractivity contribution is -0.116. The first-order valence-electron chi connectivity index (χ1n) is 8.12. The number of H-pyrrole nitrogens is 1. The molecule has 0 radical (unpaired) electrons. The standard InChI is InChI=1S/C17H17BrN6O2S/c18-11-3-5-12(6-4-11)21-15(25)7-8-19-17(26)20-10-14-22-16(24-23-14)13-2-1-9-27-13/h1-6,9H,7-8,10H2,(H,21,25)(H2,19,20,26)(H,22,23,24). The van der Waals surface area contributed by atoms with Crippen LogP contribution in [0.5, 0.6) is 0 Å². The first kappa shape index (κ1) is 19.1. The number of carbonyl (C=O) groups excluding carboxylic acids is 2. The molecule has 1 aromatic carbocycles. The SMILES string of the molecule is O=C(CCNC(=O)NCc1nc(-c2cccs2)n[nH]1)Nc1ccc(Br)cc1. The van der Waals surface area contributed by atoms with E-state index < -0.39 is 0 Å². The molecule has 3 amide bonds. The molecule has 0 spiro atoms. The number of hydrogen-bond acceptors (Lipinski definition) is 5. The highest BCUT2D eigenvalue weighted by Gasteiger charge is 2.08. The number of nitrogens with one attached hydrogen (secondary N) is 4. The van der Waals surface area contributed by atoms with E-state index in [0.717, 1.165) is 9.35 Å². The maximum Gasteiger partial charge on any atom is 0.315 e. The van der Waals surface area contributed by atoms with Gasteiger partial charge in [-0.2, -0.15) is 5.10 Å². The summed E-state index contributed by atoms with van der Waals surface area (Å²) in [5.41, 5.74) is 0.708. The monoisotopic (exact) mass is 448 g/mol. The normalized spacial score (nSPS) is 10.4. The van der Waals surface area contributed by atoms with E-state index >= 15 is 0 Å². The molecule has 2 heterocycles. The Balaban J connectivity index is 1.35. The van der Waals surface area contributed by atoms with E-state index in [2.05, 4.69) is 47.1 Å². The molecule has 0 unspecified atom stereocenters. The Bertz CT molecular complexity index is 895. The summed E-state index contributed by atoms with van der Waals surface area (Å²) < 4.78 is 0.938. The number of halogens is 1. The Morgan fingerprint density at radius 3 is 2.70 bits per heavy atom. The highest BCUT2D eigenvalue weighted by molar-refractivity contribution is 9.10. The number of anilines is 1. The predicted molar refractivity (Wildman–Crippen MR) is 107 cm³/mol. The molecule has 0 aliphatic heterocycles. The number of nitrogens with zero attached hydrogens (tertiary/aromatic N) is 2. The van der Waals surface area contributed by atoms with Crippen molar-refractivity contribution in [1.29, 1.82) is 0 Å². The summed E-state index contributed by atoms with van der Waals surface area (Å²) in [6.45, 7) is 0.445. The molecule has 4 N–H and O–H groups in total. The first-order chi connectivity index (χ1) is 13.1. The van der Waals surface area contributed by atoms with Crippen LogP contribution < -0.4 is 16.0 Å². The topological polar surface area (TPSA) is 112 Å². The Morgan fingerprint density at radius 1 is 1.15 bits per heavy atom. The molecular formula is C17H17BrN6O2S. The number of carbonyl (C=O) groups is 2. The second-order valence-corrected chi connectivity index (χ2v) is 7.36. The Labute approximate surface area is 167 Å². The number of thiophene rings is 1. The minimum absolute atomic E-state index is 0.173. The van der Waals surface area contributed by atoms with Crippen LogP contribution in [0.15, 0.2) is 46.3 Å². The molecule has 2 aromatic heterocycles. The van der Waals surface area contributed by atoms with E-state index in [4.69, 9.17) is 0 Å². The lowest BCUT2D eigenvalue weighted by atomic mass is 10.3. The van der Waals surface area contributed by atoms with Crippen LogP contribution in [0.1, 0.15) is 12.2 Å². The van der Waals surface area contributed by atoms with Gasteiger partial charge in [-0.3, -0.25) is 9.89 Å². The summed E-state index contributed by atoms with van der Waals surface area (Å²) in [5.74, 6) is 0.988. The fourth-order valence-corrected chi connectivity index (χ4v) is 3.09. The van der Waals surface area contributed by atoms with Gasteiger partial charge >= 0.3 is 6.03 Å². The fraction of sp³-hybridized carbons (Fsp3) is 0.176. The van der Waals surface area contributed by atoms with Gasteiger partial charge < -0.3 is 16.0 Å². The van der Waals surface area contributed by atoms with Crippen LogP contribution in [0.3, 0.4) is 0 Å². The third-order valence-electron chi connectivity index (χ3n) is 3.46. The molecule has 140 valence electrons. The third kappa shape index (κ3) is 5.90. The maximum absolute atomic E-state index is 11.9. The molecule has 27 heavy (non-hydrogen) atoms. The fourth-order valence-electron chi connectivity index (χ4n) is 2.16. The number of amides is 3. The van der Waals surface area contributed by atoms with Crippen LogP contribution in [0.4, 0.5) is 10.5 Å². The third-order valence-corrected chi connectivity index (χ3v) is 4.85. The van der Waals surface area contributed by atoms with Crippen molar-refractivity contribution < 1.29 is 9.59 Å². The predicted octanol–water partition coefficient (Wildman–Crippen LogP) is 3.12. The molecule has 0 aliphatic carbocycles. The summed E-state index contributed by atoms with van der Waals surface area (Å²) in [5, 5.41) is 16.9. The largest absolute Gasteiger partial charge is 0.338 e. The first-order valence-corrected chi connectivity index (χ1v) is 9.80. The van der Waals surface area contributed by atoms with Gasteiger partial charge in [-0.15, -0.1) is 11.3 Å². The zero-order valence-electron chi connectivity index (χ0n) is 14.2. The van der Waals surface area contributed by atoms with Gasteiger partial charge in [0.1, 0.15) is 5.82 Å². The van der Waals surface area contributed by atoms with Crippen molar-refractivity contribution in [3.05, 3.63) is 52.1 Å². The molecule has 0 aliphatic rings. The van der Waals surface area contributed by atoms with Crippen LogP contribution >= 0.6 is 27.3 Å². The van der Waals surface area contributed by atoms with Gasteiger partial charge in [-0.25, -0.2) is 9.78 Å². The Hall–Kier alpha value is -2.72. The van der Waals surface area contributed by atoms with Crippen LogP contribution in [0.2, 0.25) is 0 Å². The minimum Gasteiger partial charge on any atom is -0.338 e. The lowest BCUT2D eigenvalue weighted by Crippen LogP contribution is -2.36. The molecule has 8 nitrogen and oxygen atoms in total. The number of aromatic nitrogens is 3. The van der Waals surface area contributed by atoms with Crippen molar-refractivity contribution >= 4 is 44.9 Å². The Morgan fingerprint density at radius 2 is 1.96 bits per heavy atom. The summed E-state index contributed by atoms with van der Waals surface area (Å²) in [7, 11) is 0. The molecule has 0 atom stereocenters. The minimum atomic E-state index is -0.375. The number of benzene rings is 1. The van der Waals surface area contributed by atoms with Crippen molar-refractivity contribution in [2.24, 2.45) is 0 Å². The molecule has 0 fully saturated rings. The molecule has 0 saturated heterocycles. The van der Waals surface area contributed by atoms with E-state index in [-0.39, 0.29) is 31.4 Å². The van der Waals surface area contributed by atoms with E-state index in [1.54, 1.807) is 23.5 Å². The van der Waals surface area contributed by atoms with Gasteiger partial charge in [-0.05, 0) is 35.7 Å². The van der Waals surface area contributed by atoms with E-state index in [1.807, 2.05) is 29.6 Å². The maximum atomic E-state index is 11.9. The molecule has 10 heteroatoms. The second kappa shape index (κ2) is 9.28. The van der Waals surface area contributed by atoms with E-state index in [0.29, 0.717) is 17.3 Å². The van der Waals surface area contributed by atoms with Crippen LogP contribution in [0, 0.1) is 0 Å². The van der Waals surface area contributed by atoms with Gasteiger partial charge in [-0.1, -0.05) is 22.0 Å². The number of urea groups is 1. The summed E-state index contributed by atoms with van der Waals surface area (Å²) in [6, 6.07) is 10.8. The summed E-state index contributed by atoms with van der Waals surface area (Å²) in [6.07, 6.45) is 0.175. The van der Waals surface area contributed by atoms with Crippen molar-refractivity contribution in [2.45, 2.75) is 13.0 Å². The number of hydrogen-bond donors (Lipinski definition) is 4. The molecule has 0 saturated carbocycles. The summed E-state index contributed by atoms with van der Waals surface area (Å²) >= 11 is 4.88. The van der Waals surface area contributed by atoms with Gasteiger partial charge in [0.15, 0.2) is 5.82 Å². The quantitative estimate of drug-likeness (QED) is 0.444. The van der Waals surface area contributed by atoms with Gasteiger partial charge in [0.05, 0.1) is 11.4 Å². The lowest BCUT2D eigenvalue weighted by Gasteiger charge is -2.07. The molecular weight excluding hydrogens is 432 g/mol. The smallest absolute Gasteiger partial charge is 0.315 e. The average Bonchev–Trinajstić information content (AvgIpc) is 3.33. The van der Waals surface area contributed by atoms with Crippen molar-refractivity contribution in [1.82, 2.24) is 25.8 Å². The van der Waals surface area contributed by atoms with Crippen LogP contribution in [-0.4, -0.2) is 33.7 Å². The molecule has 3 aromatic rings. The van der Waals surface area contributed by atoms with Crippen molar-refractivity contribution in [2.75, 3.05) is 11.9 Å². The van der Waals surface area contributed by atoms with Gasteiger partial charge in [0.2, 0.25) is 5.91 Å². The van der Waals surface area contributed by atoms with Crippen LogP contribution in [0.25, 0.3) is 10.7 Å². The average molecular weight is 449 g/mol. The second-order valence-electron chi connectivity index (χ2n) is 5.50. The summed E-state index contributed by atoms with van der Waals surface area (Å²) in [4.78, 5) is 28.9. The zero-order valence-corrected chi connectivity index (χ0v) is 16.6. The van der Waals surface area contributed by atoms with Crippen molar-refractivity contribution in [3.8, 4) is 10.7 Å². The Kier molecular flexibility index (Phi) is 6.55. The highest BCUT2D eigenvalue weighted by Crippen LogP contribution is 2.20. The highest BCUT2D eigenvalue weighted by atomic mass is 79.9. The van der Waals surface area contributed by atoms with Gasteiger partial charge in [0, 0.05) is 23.1 Å². The van der Waals surface area contributed by atoms with E-state index in [1.165, 1.54) is 0 Å². The van der Waals surface area contributed by atoms with Crippen LogP contribution in [-0.2, 0) is 11.3 Å². The number of rotatable bonds is 7. The van der Waals surface area contributed by atoms with E-state index in [9.17, 15) is 9.59 Å².